The number of aryl methyl sites for hydroxylation is 1. The monoisotopic (exact) mass is 267 g/mol. The first-order valence-electron chi connectivity index (χ1n) is 5.71. The number of amides is 1. The second-order valence-corrected chi connectivity index (χ2v) is 4.80. The van der Waals surface area contributed by atoms with Gasteiger partial charge >= 0.3 is 5.97 Å². The summed E-state index contributed by atoms with van der Waals surface area (Å²) in [6.07, 6.45) is 0. The minimum Gasteiger partial charge on any atom is -0.481 e. The first-order valence-corrected chi connectivity index (χ1v) is 6.87. The van der Waals surface area contributed by atoms with E-state index in [0.29, 0.717) is 6.54 Å². The lowest BCUT2D eigenvalue weighted by molar-refractivity contribution is -0.133. The van der Waals surface area contributed by atoms with Gasteiger partial charge in [-0.3, -0.25) is 9.59 Å². The van der Waals surface area contributed by atoms with Gasteiger partial charge in [0.1, 0.15) is 0 Å². The summed E-state index contributed by atoms with van der Waals surface area (Å²) in [4.78, 5) is 24.1. The minimum atomic E-state index is -0.897. The van der Waals surface area contributed by atoms with Gasteiger partial charge in [0.25, 0.3) is 0 Å². The van der Waals surface area contributed by atoms with E-state index in [2.05, 4.69) is 0 Å². The number of para-hydroxylation sites is 1. The first kappa shape index (κ1) is 14.6. The molecular formula is C13H17NO3S. The molecule has 0 aromatic heterocycles. The molecule has 0 atom stereocenters. The molecule has 0 bridgehead atoms. The molecule has 5 heteroatoms. The highest BCUT2D eigenvalue weighted by atomic mass is 32.2. The number of rotatable bonds is 6. The Labute approximate surface area is 111 Å². The molecule has 18 heavy (non-hydrogen) atoms. The van der Waals surface area contributed by atoms with Crippen LogP contribution in [0.2, 0.25) is 0 Å². The molecule has 0 radical (unpaired) electrons. The Morgan fingerprint density at radius 2 is 1.94 bits per heavy atom. The normalized spacial score (nSPS) is 10.1. The first-order chi connectivity index (χ1) is 8.56. The molecule has 98 valence electrons. The van der Waals surface area contributed by atoms with Crippen molar-refractivity contribution in [3.63, 3.8) is 0 Å². The fourth-order valence-corrected chi connectivity index (χ4v) is 2.26. The van der Waals surface area contributed by atoms with Crippen LogP contribution in [0.4, 0.5) is 5.69 Å². The summed E-state index contributed by atoms with van der Waals surface area (Å²) < 4.78 is 0. The van der Waals surface area contributed by atoms with Gasteiger partial charge in [-0.1, -0.05) is 18.2 Å². The van der Waals surface area contributed by atoms with Crippen LogP contribution in [-0.4, -0.2) is 35.0 Å². The van der Waals surface area contributed by atoms with Crippen molar-refractivity contribution >= 4 is 29.3 Å². The Morgan fingerprint density at radius 1 is 1.28 bits per heavy atom. The number of carbonyl (C=O) groups is 2. The van der Waals surface area contributed by atoms with E-state index in [9.17, 15) is 9.59 Å². The quantitative estimate of drug-likeness (QED) is 0.858. The molecule has 1 aromatic carbocycles. The number of carboxylic acid groups (broad SMARTS) is 1. The summed E-state index contributed by atoms with van der Waals surface area (Å²) in [5.41, 5.74) is 1.93. The third kappa shape index (κ3) is 4.07. The number of hydrogen-bond donors (Lipinski definition) is 1. The molecule has 1 aromatic rings. The fourth-order valence-electron chi connectivity index (χ4n) is 1.65. The predicted molar refractivity (Wildman–Crippen MR) is 74.2 cm³/mol. The molecule has 1 N–H and O–H groups in total. The van der Waals surface area contributed by atoms with E-state index in [-0.39, 0.29) is 17.4 Å². The number of aliphatic carboxylic acids is 1. The number of carboxylic acids is 1. The van der Waals surface area contributed by atoms with Crippen molar-refractivity contribution in [2.24, 2.45) is 0 Å². The van der Waals surface area contributed by atoms with Crippen LogP contribution >= 0.6 is 11.8 Å². The average molecular weight is 267 g/mol. The van der Waals surface area contributed by atoms with Crippen LogP contribution in [0.15, 0.2) is 24.3 Å². The highest BCUT2D eigenvalue weighted by Gasteiger charge is 2.15. The highest BCUT2D eigenvalue weighted by Crippen LogP contribution is 2.20. The number of benzene rings is 1. The second-order valence-electron chi connectivity index (χ2n) is 3.81. The van der Waals surface area contributed by atoms with E-state index in [1.807, 2.05) is 38.1 Å². The van der Waals surface area contributed by atoms with Crippen molar-refractivity contribution in [2.45, 2.75) is 13.8 Å². The fraction of sp³-hybridized carbons (Fsp3) is 0.385. The summed E-state index contributed by atoms with van der Waals surface area (Å²) in [5, 5.41) is 8.54. The third-order valence-electron chi connectivity index (χ3n) is 2.47. The van der Waals surface area contributed by atoms with Crippen LogP contribution in [0.3, 0.4) is 0 Å². The van der Waals surface area contributed by atoms with Crippen molar-refractivity contribution in [3.8, 4) is 0 Å². The third-order valence-corrected chi connectivity index (χ3v) is 3.38. The molecule has 0 unspecified atom stereocenters. The van der Waals surface area contributed by atoms with Crippen molar-refractivity contribution in [2.75, 3.05) is 23.0 Å². The lowest BCUT2D eigenvalue weighted by atomic mass is 10.2. The zero-order valence-electron chi connectivity index (χ0n) is 10.5. The van der Waals surface area contributed by atoms with E-state index in [1.165, 1.54) is 0 Å². The van der Waals surface area contributed by atoms with Gasteiger partial charge in [0.15, 0.2) is 0 Å². The molecular weight excluding hydrogens is 250 g/mol. The van der Waals surface area contributed by atoms with Gasteiger partial charge in [0.05, 0.1) is 11.5 Å². The number of carbonyl (C=O) groups excluding carboxylic acids is 1. The molecule has 1 rings (SSSR count). The van der Waals surface area contributed by atoms with E-state index in [4.69, 9.17) is 5.11 Å². The molecule has 1 amide bonds. The molecule has 0 aliphatic rings. The van der Waals surface area contributed by atoms with Crippen molar-refractivity contribution < 1.29 is 14.7 Å². The van der Waals surface area contributed by atoms with Crippen LogP contribution in [-0.2, 0) is 9.59 Å². The van der Waals surface area contributed by atoms with Crippen molar-refractivity contribution in [1.82, 2.24) is 0 Å². The van der Waals surface area contributed by atoms with Gasteiger partial charge in [-0.2, -0.15) is 0 Å². The largest absolute Gasteiger partial charge is 0.481 e. The smallest absolute Gasteiger partial charge is 0.313 e. The maximum absolute atomic E-state index is 12.0. The predicted octanol–water partition coefficient (Wildman–Crippen LogP) is 2.17. The van der Waals surface area contributed by atoms with Crippen molar-refractivity contribution in [3.05, 3.63) is 29.8 Å². The number of thioether (sulfide) groups is 1. The van der Waals surface area contributed by atoms with Crippen LogP contribution in [0.1, 0.15) is 12.5 Å². The minimum absolute atomic E-state index is 0.0446. The molecule has 0 spiro atoms. The summed E-state index contributed by atoms with van der Waals surface area (Å²) in [7, 11) is 0. The molecule has 0 heterocycles. The number of nitrogens with zero attached hydrogens (tertiary/aromatic N) is 1. The lowest BCUT2D eigenvalue weighted by Gasteiger charge is -2.22. The average Bonchev–Trinajstić information content (AvgIpc) is 2.32. The van der Waals surface area contributed by atoms with E-state index >= 15 is 0 Å². The van der Waals surface area contributed by atoms with Gasteiger partial charge < -0.3 is 10.0 Å². The molecule has 0 saturated carbocycles. The Kier molecular flexibility index (Phi) is 5.71. The summed E-state index contributed by atoms with van der Waals surface area (Å²) in [6, 6.07) is 7.67. The standard InChI is InChI=1S/C13H17NO3S/c1-3-14(11-7-5-4-6-10(11)2)12(15)8-18-9-13(16)17/h4-7H,3,8-9H2,1-2H3,(H,16,17). The van der Waals surface area contributed by atoms with Gasteiger partial charge in [-0.15, -0.1) is 11.8 Å². The van der Waals surface area contributed by atoms with E-state index in [1.54, 1.807) is 4.90 Å². The maximum atomic E-state index is 12.0. The number of hydrogen-bond acceptors (Lipinski definition) is 3. The number of anilines is 1. The zero-order valence-corrected chi connectivity index (χ0v) is 11.4. The molecule has 4 nitrogen and oxygen atoms in total. The van der Waals surface area contributed by atoms with Crippen LogP contribution in [0.25, 0.3) is 0 Å². The summed E-state index contributed by atoms with van der Waals surface area (Å²) in [6.45, 7) is 4.44. The lowest BCUT2D eigenvalue weighted by Crippen LogP contribution is -2.32. The topological polar surface area (TPSA) is 57.6 Å². The maximum Gasteiger partial charge on any atom is 0.313 e. The molecule has 0 aliphatic carbocycles. The molecule has 0 fully saturated rings. The Bertz CT molecular complexity index is 434. The van der Waals surface area contributed by atoms with Gasteiger partial charge in [0.2, 0.25) is 5.91 Å². The van der Waals surface area contributed by atoms with Crippen LogP contribution in [0, 0.1) is 6.92 Å². The van der Waals surface area contributed by atoms with Crippen LogP contribution < -0.4 is 4.90 Å². The Balaban J connectivity index is 2.69. The highest BCUT2D eigenvalue weighted by molar-refractivity contribution is 8.00. The van der Waals surface area contributed by atoms with Gasteiger partial charge in [0, 0.05) is 12.2 Å². The summed E-state index contributed by atoms with van der Waals surface area (Å²) in [5.74, 6) is -0.810. The molecule has 0 saturated heterocycles. The molecule has 0 aliphatic heterocycles. The van der Waals surface area contributed by atoms with Crippen molar-refractivity contribution in [1.29, 1.82) is 0 Å². The Hall–Kier alpha value is -1.49. The summed E-state index contributed by atoms with van der Waals surface area (Å²) >= 11 is 1.12. The van der Waals surface area contributed by atoms with E-state index in [0.717, 1.165) is 23.0 Å². The van der Waals surface area contributed by atoms with Gasteiger partial charge in [-0.25, -0.2) is 0 Å². The second kappa shape index (κ2) is 7.06. The van der Waals surface area contributed by atoms with Gasteiger partial charge in [-0.05, 0) is 25.5 Å². The SMILES string of the molecule is CCN(C(=O)CSCC(=O)O)c1ccccc1C. The van der Waals surface area contributed by atoms with E-state index < -0.39 is 5.97 Å². The zero-order chi connectivity index (χ0) is 13.5. The Morgan fingerprint density at radius 3 is 2.50 bits per heavy atom. The van der Waals surface area contributed by atoms with Crippen LogP contribution in [0.5, 0.6) is 0 Å².